The molecule has 0 radical (unpaired) electrons. The first-order valence-corrected chi connectivity index (χ1v) is 8.94. The highest BCUT2D eigenvalue weighted by Gasteiger charge is 2.10. The molecular weight excluding hydrogens is 362 g/mol. The Morgan fingerprint density at radius 3 is 2.14 bits per heavy atom. The first-order valence-electron chi connectivity index (χ1n) is 8.94. The lowest BCUT2D eigenvalue weighted by Gasteiger charge is -2.09. The number of amides is 1. The summed E-state index contributed by atoms with van der Waals surface area (Å²) < 4.78 is 20.8. The Hall–Kier alpha value is -3.22. The van der Waals surface area contributed by atoms with Gasteiger partial charge in [0.15, 0.2) is 6.61 Å². The maximum Gasteiger partial charge on any atom is 0.306 e. The molecule has 28 heavy (non-hydrogen) atoms. The maximum atomic E-state index is 11.9. The molecule has 7 nitrogen and oxygen atoms in total. The van der Waals surface area contributed by atoms with E-state index in [9.17, 15) is 9.59 Å². The van der Waals surface area contributed by atoms with Crippen molar-refractivity contribution in [2.75, 3.05) is 32.8 Å². The summed E-state index contributed by atoms with van der Waals surface area (Å²) in [6, 6.07) is 12.4. The molecule has 0 saturated carbocycles. The smallest absolute Gasteiger partial charge is 0.306 e. The van der Waals surface area contributed by atoms with E-state index in [1.165, 1.54) is 0 Å². The van der Waals surface area contributed by atoms with Gasteiger partial charge in [0, 0.05) is 18.2 Å². The van der Waals surface area contributed by atoms with Crippen LogP contribution in [0.15, 0.2) is 42.5 Å². The van der Waals surface area contributed by atoms with Crippen LogP contribution in [-0.4, -0.2) is 39.3 Å². The van der Waals surface area contributed by atoms with Crippen LogP contribution >= 0.6 is 0 Å². The fraction of sp³-hybridized carbons (Fsp3) is 0.333. The van der Waals surface area contributed by atoms with Crippen molar-refractivity contribution in [3.05, 3.63) is 48.0 Å². The van der Waals surface area contributed by atoms with E-state index in [0.717, 1.165) is 11.3 Å². The molecule has 0 aromatic heterocycles. The average Bonchev–Trinajstić information content (AvgIpc) is 2.72. The Labute approximate surface area is 164 Å². The minimum Gasteiger partial charge on any atom is -0.497 e. The highest BCUT2D eigenvalue weighted by Crippen LogP contribution is 2.23. The van der Waals surface area contributed by atoms with Gasteiger partial charge in [-0.1, -0.05) is 0 Å². The van der Waals surface area contributed by atoms with Crippen molar-refractivity contribution < 1.29 is 28.5 Å². The van der Waals surface area contributed by atoms with Gasteiger partial charge in [0.2, 0.25) is 0 Å². The number of nitrogens with one attached hydrogen (secondary N) is 1. The van der Waals surface area contributed by atoms with Gasteiger partial charge >= 0.3 is 5.97 Å². The molecular formula is C21H25NO6. The number of ether oxygens (including phenoxy) is 4. The minimum atomic E-state index is -0.455. The van der Waals surface area contributed by atoms with Gasteiger partial charge in [0.1, 0.15) is 17.2 Å². The molecule has 0 aliphatic carbocycles. The average molecular weight is 387 g/mol. The van der Waals surface area contributed by atoms with E-state index in [1.54, 1.807) is 44.6 Å². The minimum absolute atomic E-state index is 0.145. The summed E-state index contributed by atoms with van der Waals surface area (Å²) in [5.41, 5.74) is 1.49. The Morgan fingerprint density at radius 1 is 0.929 bits per heavy atom. The van der Waals surface area contributed by atoms with Crippen LogP contribution in [0.3, 0.4) is 0 Å². The van der Waals surface area contributed by atoms with Gasteiger partial charge in [0.25, 0.3) is 5.91 Å². The SMILES string of the molecule is CCOc1ccc(NC(=O)COC(=O)CCc2cc(OC)cc(OC)c2)cc1. The summed E-state index contributed by atoms with van der Waals surface area (Å²) in [5.74, 6) is 1.17. The standard InChI is InChI=1S/C21H25NO6/c1-4-27-17-8-6-16(7-9-17)22-20(23)14-28-21(24)10-5-15-11-18(25-2)13-19(12-15)26-3/h6-9,11-13H,4-5,10,14H2,1-3H3,(H,22,23). The van der Waals surface area contributed by atoms with Gasteiger partial charge in [-0.2, -0.15) is 0 Å². The number of esters is 1. The number of carbonyl (C=O) groups is 2. The van der Waals surface area contributed by atoms with Crippen molar-refractivity contribution >= 4 is 17.6 Å². The molecule has 0 bridgehead atoms. The molecule has 0 aliphatic rings. The van der Waals surface area contributed by atoms with Crippen LogP contribution in [0.2, 0.25) is 0 Å². The predicted octanol–water partition coefficient (Wildman–Crippen LogP) is 3.22. The van der Waals surface area contributed by atoms with Crippen LogP contribution in [0.5, 0.6) is 17.2 Å². The van der Waals surface area contributed by atoms with E-state index >= 15 is 0 Å². The van der Waals surface area contributed by atoms with Crippen LogP contribution in [-0.2, 0) is 20.7 Å². The van der Waals surface area contributed by atoms with Crippen molar-refractivity contribution in [3.63, 3.8) is 0 Å². The summed E-state index contributed by atoms with van der Waals surface area (Å²) in [5, 5.41) is 2.67. The fourth-order valence-electron chi connectivity index (χ4n) is 2.47. The summed E-state index contributed by atoms with van der Waals surface area (Å²) in [6.07, 6.45) is 0.597. The summed E-state index contributed by atoms with van der Waals surface area (Å²) in [4.78, 5) is 23.8. The zero-order chi connectivity index (χ0) is 20.4. The monoisotopic (exact) mass is 387 g/mol. The fourth-order valence-corrected chi connectivity index (χ4v) is 2.47. The highest BCUT2D eigenvalue weighted by molar-refractivity contribution is 5.92. The second-order valence-corrected chi connectivity index (χ2v) is 5.89. The van der Waals surface area contributed by atoms with Crippen LogP contribution in [0.4, 0.5) is 5.69 Å². The summed E-state index contributed by atoms with van der Waals surface area (Å²) >= 11 is 0. The number of rotatable bonds is 10. The predicted molar refractivity (Wildman–Crippen MR) is 105 cm³/mol. The van der Waals surface area contributed by atoms with Crippen molar-refractivity contribution in [2.45, 2.75) is 19.8 Å². The Morgan fingerprint density at radius 2 is 1.57 bits per heavy atom. The third kappa shape index (κ3) is 6.83. The molecule has 0 heterocycles. The number of hydrogen-bond donors (Lipinski definition) is 1. The van der Waals surface area contributed by atoms with E-state index in [0.29, 0.717) is 30.2 Å². The van der Waals surface area contributed by atoms with E-state index in [-0.39, 0.29) is 13.0 Å². The molecule has 2 rings (SSSR count). The van der Waals surface area contributed by atoms with Crippen molar-refractivity contribution in [2.24, 2.45) is 0 Å². The number of carbonyl (C=O) groups excluding carboxylic acids is 2. The van der Waals surface area contributed by atoms with Gasteiger partial charge in [-0.05, 0) is 55.3 Å². The summed E-state index contributed by atoms with van der Waals surface area (Å²) in [6.45, 7) is 2.13. The highest BCUT2D eigenvalue weighted by atomic mass is 16.5. The zero-order valence-electron chi connectivity index (χ0n) is 16.3. The normalized spacial score (nSPS) is 10.1. The second-order valence-electron chi connectivity index (χ2n) is 5.89. The molecule has 0 atom stereocenters. The molecule has 1 amide bonds. The van der Waals surface area contributed by atoms with Gasteiger partial charge in [-0.15, -0.1) is 0 Å². The van der Waals surface area contributed by atoms with Crippen LogP contribution in [0.25, 0.3) is 0 Å². The lowest BCUT2D eigenvalue weighted by Crippen LogP contribution is -2.21. The van der Waals surface area contributed by atoms with Crippen LogP contribution in [0.1, 0.15) is 18.9 Å². The van der Waals surface area contributed by atoms with E-state index < -0.39 is 11.9 Å². The lowest BCUT2D eigenvalue weighted by molar-refractivity contribution is -0.147. The Bertz CT molecular complexity index is 766. The second kappa shape index (κ2) is 10.8. The quantitative estimate of drug-likeness (QED) is 0.631. The number of hydrogen-bond acceptors (Lipinski definition) is 6. The van der Waals surface area contributed by atoms with E-state index in [4.69, 9.17) is 18.9 Å². The maximum absolute atomic E-state index is 11.9. The largest absolute Gasteiger partial charge is 0.497 e. The topological polar surface area (TPSA) is 83.1 Å². The summed E-state index contributed by atoms with van der Waals surface area (Å²) in [7, 11) is 3.13. The Balaban J connectivity index is 1.76. The van der Waals surface area contributed by atoms with Gasteiger partial charge in [0.05, 0.1) is 20.8 Å². The molecule has 0 unspecified atom stereocenters. The molecule has 0 aliphatic heterocycles. The van der Waals surface area contributed by atoms with Crippen molar-refractivity contribution in [1.29, 1.82) is 0 Å². The zero-order valence-corrected chi connectivity index (χ0v) is 16.3. The van der Waals surface area contributed by atoms with Crippen molar-refractivity contribution in [3.8, 4) is 17.2 Å². The van der Waals surface area contributed by atoms with Gasteiger partial charge in [-0.25, -0.2) is 0 Å². The van der Waals surface area contributed by atoms with E-state index in [1.807, 2.05) is 19.1 Å². The third-order valence-electron chi connectivity index (χ3n) is 3.84. The molecule has 0 saturated heterocycles. The van der Waals surface area contributed by atoms with Gasteiger partial charge < -0.3 is 24.3 Å². The number of methoxy groups -OCH3 is 2. The van der Waals surface area contributed by atoms with E-state index in [2.05, 4.69) is 5.32 Å². The van der Waals surface area contributed by atoms with Crippen molar-refractivity contribution in [1.82, 2.24) is 0 Å². The number of benzene rings is 2. The number of anilines is 1. The molecule has 2 aromatic carbocycles. The molecule has 0 spiro atoms. The molecule has 1 N–H and O–H groups in total. The molecule has 2 aromatic rings. The van der Waals surface area contributed by atoms with Gasteiger partial charge in [-0.3, -0.25) is 9.59 Å². The Kier molecular flexibility index (Phi) is 8.14. The third-order valence-corrected chi connectivity index (χ3v) is 3.84. The molecule has 7 heteroatoms. The first kappa shape index (κ1) is 21.1. The lowest BCUT2D eigenvalue weighted by atomic mass is 10.1. The van der Waals surface area contributed by atoms with Crippen LogP contribution in [0, 0.1) is 0 Å². The number of aryl methyl sites for hydroxylation is 1. The molecule has 0 fully saturated rings. The first-order chi connectivity index (χ1) is 13.5. The molecule has 150 valence electrons. The van der Waals surface area contributed by atoms with Crippen LogP contribution < -0.4 is 19.5 Å².